The second-order valence-corrected chi connectivity index (χ2v) is 2.82. The molecule has 0 aromatic heterocycles. The molecule has 1 N–H and O–H groups in total. The Morgan fingerprint density at radius 3 is 2.33 bits per heavy atom. The third kappa shape index (κ3) is 4.26. The van der Waals surface area contributed by atoms with E-state index in [1.54, 1.807) is 0 Å². The highest BCUT2D eigenvalue weighted by molar-refractivity contribution is 5.75. The van der Waals surface area contributed by atoms with Crippen LogP contribution in [0.15, 0.2) is 0 Å². The lowest BCUT2D eigenvalue weighted by atomic mass is 10.1. The average molecular weight is 180 g/mol. The normalized spacial score (nSPS) is 11.6. The number of carboxylic acids is 1. The van der Waals surface area contributed by atoms with Gasteiger partial charge in [0.15, 0.2) is 0 Å². The van der Waals surface area contributed by atoms with Crippen LogP contribution in [0.3, 0.4) is 0 Å². The van der Waals surface area contributed by atoms with E-state index in [4.69, 9.17) is 5.11 Å². The molecule has 0 aromatic carbocycles. The van der Waals surface area contributed by atoms with Gasteiger partial charge in [-0.25, -0.2) is 4.79 Å². The maximum Gasteiger partial charge on any atom is 0.374 e. The summed E-state index contributed by atoms with van der Waals surface area (Å²) >= 11 is 0. The fraction of sp³-hybridized carbons (Fsp3) is 0.875. The lowest BCUT2D eigenvalue weighted by Crippen LogP contribution is -2.27. The molecule has 4 heteroatoms. The van der Waals surface area contributed by atoms with Crippen molar-refractivity contribution in [2.24, 2.45) is 0 Å². The summed E-state index contributed by atoms with van der Waals surface area (Å²) in [6.07, 6.45) is 2.27. The van der Waals surface area contributed by atoms with Crippen LogP contribution in [0.1, 0.15) is 39.0 Å². The zero-order valence-corrected chi connectivity index (χ0v) is 7.15. The zero-order chi connectivity index (χ0) is 9.61. The Labute approximate surface area is 70.6 Å². The van der Waals surface area contributed by atoms with Crippen LogP contribution in [-0.4, -0.2) is 17.0 Å². The fourth-order valence-electron chi connectivity index (χ4n) is 0.881. The molecule has 0 unspecified atom stereocenters. The number of carbonyl (C=O) groups is 1. The summed E-state index contributed by atoms with van der Waals surface area (Å²) in [6.45, 7) is 1.97. The van der Waals surface area contributed by atoms with Crippen molar-refractivity contribution >= 4 is 5.97 Å². The third-order valence-electron chi connectivity index (χ3n) is 1.66. The second kappa shape index (κ2) is 5.06. The lowest BCUT2D eigenvalue weighted by molar-refractivity contribution is -0.165. The molecule has 0 aliphatic heterocycles. The van der Waals surface area contributed by atoms with Crippen LogP contribution < -0.4 is 0 Å². The Hall–Kier alpha value is -0.670. The molecule has 0 heterocycles. The van der Waals surface area contributed by atoms with E-state index in [1.165, 1.54) is 0 Å². The smallest absolute Gasteiger partial charge is 0.374 e. The second-order valence-electron chi connectivity index (χ2n) is 2.82. The van der Waals surface area contributed by atoms with Crippen LogP contribution in [0.4, 0.5) is 8.78 Å². The summed E-state index contributed by atoms with van der Waals surface area (Å²) in [5.41, 5.74) is 0. The topological polar surface area (TPSA) is 37.3 Å². The molecule has 12 heavy (non-hydrogen) atoms. The Balaban J connectivity index is 3.54. The number of halogens is 2. The fourth-order valence-corrected chi connectivity index (χ4v) is 0.881. The minimum Gasteiger partial charge on any atom is -0.477 e. The predicted octanol–water partition coefficient (Wildman–Crippen LogP) is 2.68. The van der Waals surface area contributed by atoms with E-state index >= 15 is 0 Å². The van der Waals surface area contributed by atoms with Gasteiger partial charge < -0.3 is 5.11 Å². The van der Waals surface area contributed by atoms with Crippen molar-refractivity contribution in [3.05, 3.63) is 0 Å². The van der Waals surface area contributed by atoms with E-state index in [0.29, 0.717) is 6.42 Å². The molecule has 0 spiro atoms. The molecule has 0 radical (unpaired) electrons. The standard InChI is InChI=1S/C8H14F2O2/c1-2-3-4-5-6-8(9,10)7(11)12/h2-6H2,1H3,(H,11,12). The summed E-state index contributed by atoms with van der Waals surface area (Å²) in [4.78, 5) is 9.93. The molecule has 0 rings (SSSR count). The van der Waals surface area contributed by atoms with E-state index < -0.39 is 18.3 Å². The van der Waals surface area contributed by atoms with Crippen molar-refractivity contribution in [3.8, 4) is 0 Å². The lowest BCUT2D eigenvalue weighted by Gasteiger charge is -2.09. The van der Waals surface area contributed by atoms with Crippen LogP contribution in [0.2, 0.25) is 0 Å². The van der Waals surface area contributed by atoms with Gasteiger partial charge in [-0.1, -0.05) is 26.2 Å². The van der Waals surface area contributed by atoms with Crippen molar-refractivity contribution in [2.45, 2.75) is 45.0 Å². The van der Waals surface area contributed by atoms with Gasteiger partial charge in [0, 0.05) is 6.42 Å². The van der Waals surface area contributed by atoms with Crippen molar-refractivity contribution < 1.29 is 18.7 Å². The van der Waals surface area contributed by atoms with Crippen molar-refractivity contribution in [1.82, 2.24) is 0 Å². The van der Waals surface area contributed by atoms with E-state index in [1.807, 2.05) is 6.92 Å². The van der Waals surface area contributed by atoms with E-state index in [9.17, 15) is 13.6 Å². The Morgan fingerprint density at radius 1 is 1.33 bits per heavy atom. The largest absolute Gasteiger partial charge is 0.477 e. The summed E-state index contributed by atoms with van der Waals surface area (Å²) in [5, 5.41) is 8.05. The van der Waals surface area contributed by atoms with Gasteiger partial charge >= 0.3 is 11.9 Å². The number of carboxylic acid groups (broad SMARTS) is 1. The number of rotatable bonds is 6. The van der Waals surface area contributed by atoms with Gasteiger partial charge in [0.25, 0.3) is 0 Å². The molecule has 0 saturated carbocycles. The molecular weight excluding hydrogens is 166 g/mol. The highest BCUT2D eigenvalue weighted by atomic mass is 19.3. The van der Waals surface area contributed by atoms with Crippen LogP contribution in [0.5, 0.6) is 0 Å². The van der Waals surface area contributed by atoms with Crippen molar-refractivity contribution in [1.29, 1.82) is 0 Å². The molecule has 0 aromatic rings. The molecule has 0 bridgehead atoms. The van der Waals surface area contributed by atoms with Gasteiger partial charge in [0.1, 0.15) is 0 Å². The van der Waals surface area contributed by atoms with Crippen LogP contribution >= 0.6 is 0 Å². The number of aliphatic carboxylic acids is 1. The minimum atomic E-state index is -3.53. The van der Waals surface area contributed by atoms with Gasteiger partial charge in [-0.15, -0.1) is 0 Å². The van der Waals surface area contributed by atoms with Gasteiger partial charge in [-0.3, -0.25) is 0 Å². The van der Waals surface area contributed by atoms with Gasteiger partial charge in [-0.2, -0.15) is 8.78 Å². The summed E-state index contributed by atoms with van der Waals surface area (Å²) < 4.78 is 24.7. The molecule has 0 saturated heterocycles. The first-order chi connectivity index (χ1) is 5.50. The predicted molar refractivity (Wildman–Crippen MR) is 41.3 cm³/mol. The maximum absolute atomic E-state index is 12.4. The Bertz CT molecular complexity index is 146. The zero-order valence-electron chi connectivity index (χ0n) is 7.15. The van der Waals surface area contributed by atoms with E-state index in [2.05, 4.69) is 0 Å². The van der Waals surface area contributed by atoms with Crippen molar-refractivity contribution in [2.75, 3.05) is 0 Å². The monoisotopic (exact) mass is 180 g/mol. The first-order valence-electron chi connectivity index (χ1n) is 4.12. The molecule has 0 atom stereocenters. The number of hydrogen-bond acceptors (Lipinski definition) is 1. The third-order valence-corrected chi connectivity index (χ3v) is 1.66. The summed E-state index contributed by atoms with van der Waals surface area (Å²) in [5.74, 6) is -5.55. The van der Waals surface area contributed by atoms with Crippen LogP contribution in [0.25, 0.3) is 0 Å². The van der Waals surface area contributed by atoms with Crippen LogP contribution in [0, 0.1) is 0 Å². The Morgan fingerprint density at radius 2 is 1.92 bits per heavy atom. The van der Waals surface area contributed by atoms with Gasteiger partial charge in [0.05, 0.1) is 0 Å². The highest BCUT2D eigenvalue weighted by Crippen LogP contribution is 2.21. The van der Waals surface area contributed by atoms with Crippen molar-refractivity contribution in [3.63, 3.8) is 0 Å². The minimum absolute atomic E-state index is 0.285. The molecular formula is C8H14F2O2. The number of alkyl halides is 2. The first kappa shape index (κ1) is 11.3. The molecule has 0 aliphatic carbocycles. The van der Waals surface area contributed by atoms with Gasteiger partial charge in [0.2, 0.25) is 0 Å². The quantitative estimate of drug-likeness (QED) is 0.638. The molecule has 0 fully saturated rings. The van der Waals surface area contributed by atoms with Crippen LogP contribution in [-0.2, 0) is 4.79 Å². The molecule has 0 aliphatic rings. The Kier molecular flexibility index (Phi) is 4.78. The molecule has 0 amide bonds. The molecule has 2 nitrogen and oxygen atoms in total. The molecule has 72 valence electrons. The van der Waals surface area contributed by atoms with Gasteiger partial charge in [-0.05, 0) is 6.42 Å². The highest BCUT2D eigenvalue weighted by Gasteiger charge is 2.37. The maximum atomic E-state index is 12.4. The summed E-state index contributed by atoms with van der Waals surface area (Å²) in [7, 11) is 0. The average Bonchev–Trinajstić information content (AvgIpc) is 1.98. The number of hydrogen-bond donors (Lipinski definition) is 1. The SMILES string of the molecule is CCCCCCC(F)(F)C(=O)O. The van der Waals surface area contributed by atoms with E-state index in [-0.39, 0.29) is 6.42 Å². The summed E-state index contributed by atoms with van der Waals surface area (Å²) in [6, 6.07) is 0. The van der Waals surface area contributed by atoms with E-state index in [0.717, 1.165) is 12.8 Å². The first-order valence-corrected chi connectivity index (χ1v) is 4.12. The number of unbranched alkanes of at least 4 members (excludes halogenated alkanes) is 3.